The van der Waals surface area contributed by atoms with Gasteiger partial charge in [-0.2, -0.15) is 0 Å². The first-order valence-electron chi connectivity index (χ1n) is 7.03. The van der Waals surface area contributed by atoms with Gasteiger partial charge in [-0.05, 0) is 25.5 Å². The minimum absolute atomic E-state index is 0.174. The second-order valence-electron chi connectivity index (χ2n) is 5.57. The number of likely N-dealkylation sites (N-methyl/N-ethyl adjacent to an activating group) is 1. The van der Waals surface area contributed by atoms with Crippen molar-refractivity contribution in [2.75, 3.05) is 59.9 Å². The molecule has 19 heavy (non-hydrogen) atoms. The van der Waals surface area contributed by atoms with Gasteiger partial charge in [0.2, 0.25) is 0 Å². The summed E-state index contributed by atoms with van der Waals surface area (Å²) in [6.45, 7) is 7.95. The fourth-order valence-corrected chi connectivity index (χ4v) is 3.13. The Morgan fingerprint density at radius 1 is 1.26 bits per heavy atom. The van der Waals surface area contributed by atoms with E-state index in [9.17, 15) is 0 Å². The van der Waals surface area contributed by atoms with E-state index in [0.717, 1.165) is 26.2 Å². The van der Waals surface area contributed by atoms with Gasteiger partial charge in [-0.3, -0.25) is 9.80 Å². The maximum atomic E-state index is 6.25. The molecule has 0 bridgehead atoms. The summed E-state index contributed by atoms with van der Waals surface area (Å²) >= 11 is 1.76. The average Bonchev–Trinajstić information content (AvgIpc) is 2.92. The Morgan fingerprint density at radius 2 is 1.95 bits per heavy atom. The largest absolute Gasteiger partial charge is 0.322 e. The van der Waals surface area contributed by atoms with E-state index < -0.39 is 0 Å². The highest BCUT2D eigenvalue weighted by molar-refractivity contribution is 7.10. The zero-order valence-corrected chi connectivity index (χ0v) is 12.9. The number of nitrogens with two attached hydrogens (primary N) is 1. The van der Waals surface area contributed by atoms with Crippen LogP contribution in [0, 0.1) is 0 Å². The Labute approximate surface area is 120 Å². The molecule has 1 fully saturated rings. The third-order valence-corrected chi connectivity index (χ3v) is 4.70. The summed E-state index contributed by atoms with van der Waals surface area (Å²) in [7, 11) is 4.27. The van der Waals surface area contributed by atoms with Gasteiger partial charge in [0.05, 0.1) is 6.04 Å². The highest BCUT2D eigenvalue weighted by Crippen LogP contribution is 2.18. The summed E-state index contributed by atoms with van der Waals surface area (Å²) in [6, 6.07) is 4.40. The van der Waals surface area contributed by atoms with Crippen LogP contribution in [0.25, 0.3) is 0 Å². The van der Waals surface area contributed by atoms with Crippen molar-refractivity contribution < 1.29 is 0 Å². The predicted octanol–water partition coefficient (Wildman–Crippen LogP) is 0.927. The second-order valence-corrected chi connectivity index (χ2v) is 6.55. The SMILES string of the molecule is CN(C)CCN1CCN(CC(N)c2cccs2)CC1. The van der Waals surface area contributed by atoms with E-state index in [1.54, 1.807) is 11.3 Å². The van der Waals surface area contributed by atoms with Crippen molar-refractivity contribution in [2.45, 2.75) is 6.04 Å². The molecule has 0 aliphatic carbocycles. The van der Waals surface area contributed by atoms with Crippen LogP contribution in [0.5, 0.6) is 0 Å². The minimum atomic E-state index is 0.174. The molecule has 5 heteroatoms. The summed E-state index contributed by atoms with van der Waals surface area (Å²) in [5.41, 5.74) is 6.25. The molecule has 1 aliphatic rings. The molecule has 0 saturated carbocycles. The highest BCUT2D eigenvalue weighted by atomic mass is 32.1. The average molecular weight is 282 g/mol. The van der Waals surface area contributed by atoms with Crippen LogP contribution in [0.3, 0.4) is 0 Å². The van der Waals surface area contributed by atoms with Gasteiger partial charge in [0.25, 0.3) is 0 Å². The number of hydrogen-bond acceptors (Lipinski definition) is 5. The molecule has 2 N–H and O–H groups in total. The predicted molar refractivity (Wildman–Crippen MR) is 82.7 cm³/mol. The molecule has 0 radical (unpaired) electrons. The first-order chi connectivity index (χ1) is 9.15. The molecule has 108 valence electrons. The Morgan fingerprint density at radius 3 is 2.53 bits per heavy atom. The van der Waals surface area contributed by atoms with Crippen LogP contribution < -0.4 is 5.73 Å². The zero-order valence-electron chi connectivity index (χ0n) is 12.1. The topological polar surface area (TPSA) is 35.7 Å². The summed E-state index contributed by atoms with van der Waals surface area (Å²) in [6.07, 6.45) is 0. The third kappa shape index (κ3) is 4.85. The molecular formula is C14H26N4S. The van der Waals surface area contributed by atoms with Gasteiger partial charge in [0.15, 0.2) is 0 Å². The molecule has 0 aromatic carbocycles. The molecular weight excluding hydrogens is 256 g/mol. The van der Waals surface area contributed by atoms with E-state index in [1.807, 2.05) is 0 Å². The summed E-state index contributed by atoms with van der Waals surface area (Å²) < 4.78 is 0. The van der Waals surface area contributed by atoms with E-state index in [-0.39, 0.29) is 6.04 Å². The van der Waals surface area contributed by atoms with E-state index in [0.29, 0.717) is 0 Å². The van der Waals surface area contributed by atoms with Gasteiger partial charge in [-0.25, -0.2) is 0 Å². The zero-order chi connectivity index (χ0) is 13.7. The van der Waals surface area contributed by atoms with Crippen LogP contribution >= 0.6 is 11.3 Å². The van der Waals surface area contributed by atoms with Gasteiger partial charge < -0.3 is 10.6 Å². The molecule has 1 unspecified atom stereocenters. The molecule has 1 aromatic rings. The lowest BCUT2D eigenvalue weighted by atomic mass is 10.2. The molecule has 4 nitrogen and oxygen atoms in total. The Balaban J connectivity index is 1.68. The molecule has 2 rings (SSSR count). The summed E-state index contributed by atoms with van der Waals surface area (Å²) in [5.74, 6) is 0. The molecule has 1 saturated heterocycles. The van der Waals surface area contributed by atoms with Crippen molar-refractivity contribution in [3.05, 3.63) is 22.4 Å². The van der Waals surface area contributed by atoms with E-state index in [4.69, 9.17) is 5.73 Å². The van der Waals surface area contributed by atoms with Crippen LogP contribution in [0.4, 0.5) is 0 Å². The number of hydrogen-bond donors (Lipinski definition) is 1. The fraction of sp³-hybridized carbons (Fsp3) is 0.714. The normalized spacial score (nSPS) is 20.0. The third-order valence-electron chi connectivity index (χ3n) is 3.69. The lowest BCUT2D eigenvalue weighted by Gasteiger charge is -2.36. The Hall–Kier alpha value is -0.460. The second kappa shape index (κ2) is 7.36. The molecule has 0 spiro atoms. The van der Waals surface area contributed by atoms with Crippen LogP contribution in [0.15, 0.2) is 17.5 Å². The summed E-state index contributed by atoms with van der Waals surface area (Å²) in [4.78, 5) is 8.60. The quantitative estimate of drug-likeness (QED) is 0.842. The van der Waals surface area contributed by atoms with Gasteiger partial charge in [0, 0.05) is 50.7 Å². The van der Waals surface area contributed by atoms with Crippen molar-refractivity contribution in [1.29, 1.82) is 0 Å². The van der Waals surface area contributed by atoms with E-state index in [1.165, 1.54) is 24.5 Å². The smallest absolute Gasteiger partial charge is 0.0519 e. The summed E-state index contributed by atoms with van der Waals surface area (Å²) in [5, 5.41) is 2.11. The maximum Gasteiger partial charge on any atom is 0.0519 e. The van der Waals surface area contributed by atoms with Crippen LogP contribution in [-0.4, -0.2) is 74.6 Å². The van der Waals surface area contributed by atoms with Gasteiger partial charge in [-0.1, -0.05) is 6.07 Å². The van der Waals surface area contributed by atoms with Crippen molar-refractivity contribution in [1.82, 2.24) is 14.7 Å². The van der Waals surface area contributed by atoms with Gasteiger partial charge in [0.1, 0.15) is 0 Å². The standard InChI is InChI=1S/C14H26N4S/c1-16(2)5-6-17-7-9-18(10-8-17)12-13(15)14-4-3-11-19-14/h3-4,11,13H,5-10,12,15H2,1-2H3. The van der Waals surface area contributed by atoms with Crippen molar-refractivity contribution >= 4 is 11.3 Å². The molecule has 0 amide bonds. The molecule has 1 aliphatic heterocycles. The van der Waals surface area contributed by atoms with Gasteiger partial charge >= 0.3 is 0 Å². The van der Waals surface area contributed by atoms with Crippen molar-refractivity contribution in [2.24, 2.45) is 5.73 Å². The first kappa shape index (κ1) is 14.9. The molecule has 1 atom stereocenters. The maximum absolute atomic E-state index is 6.25. The van der Waals surface area contributed by atoms with Crippen molar-refractivity contribution in [3.8, 4) is 0 Å². The Kier molecular flexibility index (Phi) is 5.78. The number of rotatable bonds is 6. The Bertz CT molecular complexity index is 344. The number of nitrogens with zero attached hydrogens (tertiary/aromatic N) is 3. The van der Waals surface area contributed by atoms with Crippen LogP contribution in [0.2, 0.25) is 0 Å². The monoisotopic (exact) mass is 282 g/mol. The lowest BCUT2D eigenvalue weighted by molar-refractivity contribution is 0.121. The lowest BCUT2D eigenvalue weighted by Crippen LogP contribution is -2.49. The van der Waals surface area contributed by atoms with Crippen molar-refractivity contribution in [3.63, 3.8) is 0 Å². The van der Waals surface area contributed by atoms with Crippen LogP contribution in [-0.2, 0) is 0 Å². The van der Waals surface area contributed by atoms with Gasteiger partial charge in [-0.15, -0.1) is 11.3 Å². The molecule has 2 heterocycles. The minimum Gasteiger partial charge on any atom is -0.322 e. The first-order valence-corrected chi connectivity index (χ1v) is 7.91. The van der Waals surface area contributed by atoms with Crippen LogP contribution in [0.1, 0.15) is 10.9 Å². The number of piperazine rings is 1. The number of thiophene rings is 1. The molecule has 1 aromatic heterocycles. The van der Waals surface area contributed by atoms with E-state index >= 15 is 0 Å². The fourth-order valence-electron chi connectivity index (χ4n) is 2.41. The highest BCUT2D eigenvalue weighted by Gasteiger charge is 2.19. The van der Waals surface area contributed by atoms with E-state index in [2.05, 4.69) is 46.3 Å².